The van der Waals surface area contributed by atoms with Gasteiger partial charge in [-0.25, -0.2) is 4.39 Å². The van der Waals surface area contributed by atoms with Gasteiger partial charge in [-0.1, -0.05) is 65.7 Å². The SMILES string of the molecule is O=C1SC(=Cc2ccccc2OCc2ccccc2F)C(=O)N1Cc1c(Cl)cccc1Cl. The Hall–Kier alpha value is -2.80. The molecule has 0 bridgehead atoms. The maximum Gasteiger partial charge on any atom is 0.293 e. The first-order valence-corrected chi connectivity index (χ1v) is 11.1. The molecule has 0 unspecified atom stereocenters. The van der Waals surface area contributed by atoms with Crippen molar-refractivity contribution in [2.24, 2.45) is 0 Å². The lowest BCUT2D eigenvalue weighted by atomic mass is 10.1. The third kappa shape index (κ3) is 4.83. The molecule has 8 heteroatoms. The highest BCUT2D eigenvalue weighted by molar-refractivity contribution is 8.18. The van der Waals surface area contributed by atoms with Crippen LogP contribution < -0.4 is 4.74 Å². The fraction of sp³-hybridized carbons (Fsp3) is 0.0833. The van der Waals surface area contributed by atoms with Crippen LogP contribution in [0.5, 0.6) is 5.75 Å². The van der Waals surface area contributed by atoms with Crippen molar-refractivity contribution >= 4 is 52.2 Å². The van der Waals surface area contributed by atoms with Crippen LogP contribution in [0, 0.1) is 5.82 Å². The van der Waals surface area contributed by atoms with E-state index in [0.29, 0.717) is 32.5 Å². The van der Waals surface area contributed by atoms with Crippen LogP contribution in [0.15, 0.2) is 71.6 Å². The average Bonchev–Trinajstić information content (AvgIpc) is 3.04. The predicted octanol–water partition coefficient (Wildman–Crippen LogP) is 6.95. The monoisotopic (exact) mass is 487 g/mol. The van der Waals surface area contributed by atoms with Crippen molar-refractivity contribution < 1.29 is 18.7 Å². The summed E-state index contributed by atoms with van der Waals surface area (Å²) in [6.07, 6.45) is 1.59. The summed E-state index contributed by atoms with van der Waals surface area (Å²) in [6.45, 7) is 0.00988. The van der Waals surface area contributed by atoms with Crippen LogP contribution >= 0.6 is 35.0 Å². The number of halogens is 3. The predicted molar refractivity (Wildman–Crippen MR) is 125 cm³/mol. The Morgan fingerprint density at radius 2 is 1.62 bits per heavy atom. The molecule has 1 heterocycles. The van der Waals surface area contributed by atoms with Gasteiger partial charge in [-0.3, -0.25) is 14.5 Å². The largest absolute Gasteiger partial charge is 0.488 e. The van der Waals surface area contributed by atoms with Gasteiger partial charge in [0.1, 0.15) is 18.2 Å². The van der Waals surface area contributed by atoms with E-state index in [2.05, 4.69) is 0 Å². The van der Waals surface area contributed by atoms with Crippen molar-refractivity contribution in [3.05, 3.63) is 104 Å². The number of benzene rings is 3. The number of thioether (sulfide) groups is 1. The molecular formula is C24H16Cl2FNO3S. The number of amides is 2. The molecule has 1 fully saturated rings. The first-order valence-electron chi connectivity index (χ1n) is 9.57. The van der Waals surface area contributed by atoms with E-state index in [1.807, 2.05) is 0 Å². The summed E-state index contributed by atoms with van der Waals surface area (Å²) < 4.78 is 19.7. The van der Waals surface area contributed by atoms with E-state index >= 15 is 0 Å². The number of nitrogens with zero attached hydrogens (tertiary/aromatic N) is 1. The zero-order valence-electron chi connectivity index (χ0n) is 16.6. The number of hydrogen-bond acceptors (Lipinski definition) is 4. The third-order valence-electron chi connectivity index (χ3n) is 4.80. The standard InChI is InChI=1S/C24H16Cl2FNO3S/c25-18-8-5-9-19(26)17(18)13-28-23(29)22(32-24(28)30)12-15-6-2-4-11-21(15)31-14-16-7-1-3-10-20(16)27/h1-12H,13-14H2. The lowest BCUT2D eigenvalue weighted by molar-refractivity contribution is -0.123. The number of rotatable bonds is 6. The van der Waals surface area contributed by atoms with E-state index in [4.69, 9.17) is 27.9 Å². The summed E-state index contributed by atoms with van der Waals surface area (Å²) in [7, 11) is 0. The van der Waals surface area contributed by atoms with E-state index in [0.717, 1.165) is 16.7 Å². The van der Waals surface area contributed by atoms with Gasteiger partial charge in [-0.2, -0.15) is 0 Å². The minimum atomic E-state index is -0.445. The van der Waals surface area contributed by atoms with Gasteiger partial charge >= 0.3 is 0 Å². The highest BCUT2D eigenvalue weighted by Gasteiger charge is 2.36. The number of para-hydroxylation sites is 1. The van der Waals surface area contributed by atoms with E-state index in [1.54, 1.807) is 66.7 Å². The molecule has 32 heavy (non-hydrogen) atoms. The van der Waals surface area contributed by atoms with E-state index in [9.17, 15) is 14.0 Å². The average molecular weight is 488 g/mol. The van der Waals surface area contributed by atoms with Crippen LogP contribution in [0.1, 0.15) is 16.7 Å². The van der Waals surface area contributed by atoms with Crippen LogP contribution in [-0.2, 0) is 17.9 Å². The number of carbonyl (C=O) groups excluding carboxylic acids is 2. The van der Waals surface area contributed by atoms with Crippen LogP contribution in [0.25, 0.3) is 6.08 Å². The van der Waals surface area contributed by atoms with Gasteiger partial charge in [0.25, 0.3) is 11.1 Å². The van der Waals surface area contributed by atoms with Gasteiger partial charge in [-0.05, 0) is 42.1 Å². The number of carbonyl (C=O) groups is 2. The first kappa shape index (κ1) is 22.4. The molecule has 0 aliphatic carbocycles. The van der Waals surface area contributed by atoms with Crippen molar-refractivity contribution in [2.45, 2.75) is 13.2 Å². The Bertz CT molecular complexity index is 1210. The third-order valence-corrected chi connectivity index (χ3v) is 6.41. The second-order valence-electron chi connectivity index (χ2n) is 6.89. The molecule has 1 aliphatic rings. The highest BCUT2D eigenvalue weighted by atomic mass is 35.5. The molecule has 1 saturated heterocycles. The smallest absolute Gasteiger partial charge is 0.293 e. The molecule has 162 valence electrons. The molecule has 0 atom stereocenters. The van der Waals surface area contributed by atoms with Crippen molar-refractivity contribution in [3.8, 4) is 5.75 Å². The van der Waals surface area contributed by atoms with Crippen molar-refractivity contribution in [1.29, 1.82) is 0 Å². The lowest BCUT2D eigenvalue weighted by Crippen LogP contribution is -2.27. The Balaban J connectivity index is 1.55. The molecule has 0 aromatic heterocycles. The summed E-state index contributed by atoms with van der Waals surface area (Å²) in [5, 5.41) is 0.349. The molecule has 1 aliphatic heterocycles. The Kier molecular flexibility index (Phi) is 6.84. The van der Waals surface area contributed by atoms with Gasteiger partial charge in [0.15, 0.2) is 0 Å². The maximum atomic E-state index is 13.9. The van der Waals surface area contributed by atoms with Crippen LogP contribution in [-0.4, -0.2) is 16.0 Å². The van der Waals surface area contributed by atoms with Gasteiger partial charge in [0, 0.05) is 26.7 Å². The molecule has 3 aromatic rings. The molecule has 0 N–H and O–H groups in total. The van der Waals surface area contributed by atoms with E-state index in [1.165, 1.54) is 6.07 Å². The zero-order chi connectivity index (χ0) is 22.7. The quantitative estimate of drug-likeness (QED) is 0.353. The summed E-state index contributed by atoms with van der Waals surface area (Å²) in [5.41, 5.74) is 1.53. The molecule has 0 spiro atoms. The molecular weight excluding hydrogens is 472 g/mol. The van der Waals surface area contributed by atoms with Gasteiger partial charge < -0.3 is 4.74 Å². The molecule has 0 saturated carbocycles. The van der Waals surface area contributed by atoms with Gasteiger partial charge in [-0.15, -0.1) is 0 Å². The van der Waals surface area contributed by atoms with E-state index < -0.39 is 11.1 Å². The highest BCUT2D eigenvalue weighted by Crippen LogP contribution is 2.36. The molecule has 2 amide bonds. The van der Waals surface area contributed by atoms with E-state index in [-0.39, 0.29) is 23.9 Å². The van der Waals surface area contributed by atoms with Crippen LogP contribution in [0.4, 0.5) is 9.18 Å². The number of hydrogen-bond donors (Lipinski definition) is 0. The second kappa shape index (κ2) is 9.77. The maximum absolute atomic E-state index is 13.9. The summed E-state index contributed by atoms with van der Waals surface area (Å²) >= 11 is 13.2. The second-order valence-corrected chi connectivity index (χ2v) is 8.69. The van der Waals surface area contributed by atoms with Gasteiger partial charge in [0.2, 0.25) is 0 Å². The van der Waals surface area contributed by atoms with Crippen LogP contribution in [0.3, 0.4) is 0 Å². The first-order chi connectivity index (χ1) is 15.4. The zero-order valence-corrected chi connectivity index (χ0v) is 18.9. The minimum absolute atomic E-state index is 0.0219. The normalized spacial score (nSPS) is 15.0. The minimum Gasteiger partial charge on any atom is -0.488 e. The number of ether oxygens (including phenoxy) is 1. The Morgan fingerprint density at radius 3 is 2.38 bits per heavy atom. The summed E-state index contributed by atoms with van der Waals surface area (Å²) in [5.74, 6) is -0.332. The fourth-order valence-corrected chi connectivity index (χ4v) is 4.47. The van der Waals surface area contributed by atoms with Gasteiger partial charge in [0.05, 0.1) is 11.4 Å². The molecule has 3 aromatic carbocycles. The lowest BCUT2D eigenvalue weighted by Gasteiger charge is -2.14. The topological polar surface area (TPSA) is 46.6 Å². The van der Waals surface area contributed by atoms with Crippen LogP contribution in [0.2, 0.25) is 10.0 Å². The summed E-state index contributed by atoms with van der Waals surface area (Å²) in [6, 6.07) is 18.4. The van der Waals surface area contributed by atoms with Crippen molar-refractivity contribution in [3.63, 3.8) is 0 Å². The molecule has 4 nitrogen and oxygen atoms in total. The van der Waals surface area contributed by atoms with Crippen molar-refractivity contribution in [2.75, 3.05) is 0 Å². The fourth-order valence-electron chi connectivity index (χ4n) is 3.12. The molecule has 4 rings (SSSR count). The Morgan fingerprint density at radius 1 is 0.938 bits per heavy atom. The molecule has 0 radical (unpaired) electrons. The number of imide groups is 1. The van der Waals surface area contributed by atoms with Crippen molar-refractivity contribution in [1.82, 2.24) is 4.90 Å². The Labute approximate surface area is 198 Å². The summed E-state index contributed by atoms with van der Waals surface area (Å²) in [4.78, 5) is 26.8.